The maximum Gasteiger partial charge on any atom is 0.325 e. The molecule has 0 spiro atoms. The summed E-state index contributed by atoms with van der Waals surface area (Å²) in [5.41, 5.74) is -1.50. The molecule has 1 unspecified atom stereocenters. The van der Waals surface area contributed by atoms with E-state index in [-0.39, 0.29) is 0 Å². The molecule has 1 atom stereocenters. The van der Waals surface area contributed by atoms with E-state index in [1.807, 2.05) is 5.32 Å². The van der Waals surface area contributed by atoms with Gasteiger partial charge in [0.1, 0.15) is 6.04 Å². The number of nitrogens with zero attached hydrogens (tertiary/aromatic N) is 1. The highest BCUT2D eigenvalue weighted by atomic mass is 19.2. The molecule has 1 rings (SSSR count). The molecule has 6 nitrogen and oxygen atoms in total. The van der Waals surface area contributed by atoms with E-state index < -0.39 is 39.9 Å². The third kappa shape index (κ3) is 2.65. The number of nitrogens with one attached hydrogen (secondary N) is 1. The van der Waals surface area contributed by atoms with Crippen molar-refractivity contribution in [1.82, 2.24) is 0 Å². The summed E-state index contributed by atoms with van der Waals surface area (Å²) in [6, 6.07) is 0.0735. The third-order valence-corrected chi connectivity index (χ3v) is 2.00. The Hall–Kier alpha value is -2.25. The Morgan fingerprint density at radius 1 is 1.53 bits per heavy atom. The predicted molar refractivity (Wildman–Crippen MR) is 53.7 cm³/mol. The third-order valence-electron chi connectivity index (χ3n) is 2.00. The Bertz CT molecular complexity index is 478. The number of carboxylic acid groups (broad SMARTS) is 1. The number of halogens is 2. The van der Waals surface area contributed by atoms with Gasteiger partial charge in [0.25, 0.3) is 5.69 Å². The van der Waals surface area contributed by atoms with Crippen molar-refractivity contribution in [2.45, 2.75) is 13.0 Å². The van der Waals surface area contributed by atoms with Gasteiger partial charge in [-0.1, -0.05) is 0 Å². The summed E-state index contributed by atoms with van der Waals surface area (Å²) in [5.74, 6) is -4.12. The number of benzene rings is 1. The number of nitro benzene ring substituents is 1. The van der Waals surface area contributed by atoms with E-state index in [9.17, 15) is 23.7 Å². The van der Waals surface area contributed by atoms with Gasteiger partial charge in [-0.2, -0.15) is 0 Å². The van der Waals surface area contributed by atoms with Crippen molar-refractivity contribution in [3.63, 3.8) is 0 Å². The smallest absolute Gasteiger partial charge is 0.325 e. The summed E-state index contributed by atoms with van der Waals surface area (Å²) in [5, 5.41) is 21.2. The molecule has 1 aromatic carbocycles. The quantitative estimate of drug-likeness (QED) is 0.623. The van der Waals surface area contributed by atoms with Gasteiger partial charge >= 0.3 is 5.97 Å². The average molecular weight is 246 g/mol. The van der Waals surface area contributed by atoms with Gasteiger partial charge in [0.15, 0.2) is 17.3 Å². The Balaban J connectivity index is 3.23. The molecule has 17 heavy (non-hydrogen) atoms. The van der Waals surface area contributed by atoms with Crippen LogP contribution in [0.4, 0.5) is 20.2 Å². The molecule has 0 saturated heterocycles. The molecule has 2 N–H and O–H groups in total. The fraction of sp³-hybridized carbons (Fsp3) is 0.222. The number of hydrogen-bond acceptors (Lipinski definition) is 4. The van der Waals surface area contributed by atoms with Crippen LogP contribution in [0.2, 0.25) is 0 Å². The fourth-order valence-corrected chi connectivity index (χ4v) is 1.11. The first-order valence-corrected chi connectivity index (χ1v) is 4.46. The van der Waals surface area contributed by atoms with E-state index in [2.05, 4.69) is 0 Å². The molecule has 0 fully saturated rings. The Morgan fingerprint density at radius 2 is 2.12 bits per heavy atom. The molecule has 1 aromatic rings. The van der Waals surface area contributed by atoms with Crippen LogP contribution >= 0.6 is 0 Å². The van der Waals surface area contributed by atoms with E-state index in [1.165, 1.54) is 0 Å². The highest BCUT2D eigenvalue weighted by Crippen LogP contribution is 2.29. The van der Waals surface area contributed by atoms with Crippen molar-refractivity contribution in [2.24, 2.45) is 0 Å². The zero-order chi connectivity index (χ0) is 13.2. The first-order chi connectivity index (χ1) is 7.84. The van der Waals surface area contributed by atoms with Crippen LogP contribution in [-0.4, -0.2) is 22.0 Å². The molecular weight excluding hydrogens is 238 g/mol. The lowest BCUT2D eigenvalue weighted by Gasteiger charge is -2.11. The summed E-state index contributed by atoms with van der Waals surface area (Å²) >= 11 is 0. The van der Waals surface area contributed by atoms with Gasteiger partial charge in [-0.25, -0.2) is 8.78 Å². The maximum absolute atomic E-state index is 13.3. The van der Waals surface area contributed by atoms with Crippen LogP contribution in [0, 0.1) is 21.7 Å². The van der Waals surface area contributed by atoms with E-state index in [0.29, 0.717) is 6.07 Å². The van der Waals surface area contributed by atoms with Crippen molar-refractivity contribution < 1.29 is 23.6 Å². The number of aliphatic carboxylic acids is 1. The Labute approximate surface area is 94.0 Å². The monoisotopic (exact) mass is 246 g/mol. The Morgan fingerprint density at radius 3 is 2.59 bits per heavy atom. The highest BCUT2D eigenvalue weighted by Gasteiger charge is 2.24. The largest absolute Gasteiger partial charge is 0.480 e. The van der Waals surface area contributed by atoms with Crippen LogP contribution in [0.1, 0.15) is 6.92 Å². The average Bonchev–Trinajstić information content (AvgIpc) is 2.24. The zero-order valence-corrected chi connectivity index (χ0v) is 8.61. The van der Waals surface area contributed by atoms with Crippen molar-refractivity contribution >= 4 is 17.3 Å². The van der Waals surface area contributed by atoms with Gasteiger partial charge in [-0.3, -0.25) is 14.9 Å². The van der Waals surface area contributed by atoms with Crippen LogP contribution in [0.25, 0.3) is 0 Å². The molecule has 92 valence electrons. The van der Waals surface area contributed by atoms with Gasteiger partial charge in [-0.15, -0.1) is 0 Å². The first kappa shape index (κ1) is 12.8. The predicted octanol–water partition coefficient (Wildman–Crippen LogP) is 1.76. The minimum absolute atomic E-state index is 0.601. The molecule has 0 radical (unpaired) electrons. The number of carbonyl (C=O) groups is 1. The minimum Gasteiger partial charge on any atom is -0.480 e. The molecule has 0 heterocycles. The first-order valence-electron chi connectivity index (χ1n) is 4.46. The summed E-state index contributed by atoms with van der Waals surface area (Å²) in [6.45, 7) is 1.15. The second kappa shape index (κ2) is 4.73. The number of hydrogen-bond donors (Lipinski definition) is 2. The van der Waals surface area contributed by atoms with Gasteiger partial charge < -0.3 is 10.4 Å². The van der Waals surface area contributed by atoms with Crippen molar-refractivity contribution in [2.75, 3.05) is 5.32 Å². The second-order valence-corrected chi connectivity index (χ2v) is 3.22. The highest BCUT2D eigenvalue weighted by molar-refractivity contribution is 5.78. The number of rotatable bonds is 4. The van der Waals surface area contributed by atoms with Crippen LogP contribution in [0.15, 0.2) is 12.1 Å². The second-order valence-electron chi connectivity index (χ2n) is 3.22. The number of anilines is 1. The normalized spacial score (nSPS) is 11.9. The Kier molecular flexibility index (Phi) is 3.56. The minimum atomic E-state index is -1.48. The van der Waals surface area contributed by atoms with Gasteiger partial charge in [0, 0.05) is 6.07 Å². The molecule has 0 saturated carbocycles. The van der Waals surface area contributed by atoms with Crippen molar-refractivity contribution in [3.8, 4) is 0 Å². The summed E-state index contributed by atoms with van der Waals surface area (Å²) < 4.78 is 26.2. The van der Waals surface area contributed by atoms with Crippen molar-refractivity contribution in [3.05, 3.63) is 33.9 Å². The van der Waals surface area contributed by atoms with E-state index in [1.54, 1.807) is 0 Å². The summed E-state index contributed by atoms with van der Waals surface area (Å²) in [4.78, 5) is 20.2. The molecule has 0 aliphatic carbocycles. The van der Waals surface area contributed by atoms with Crippen LogP contribution in [-0.2, 0) is 4.79 Å². The van der Waals surface area contributed by atoms with Gasteiger partial charge in [0.05, 0.1) is 4.92 Å². The maximum atomic E-state index is 13.3. The number of carboxylic acids is 1. The molecule has 8 heteroatoms. The SMILES string of the molecule is CC(Nc1c([N+](=O)[O-])ccc(F)c1F)C(=O)O. The van der Waals surface area contributed by atoms with Gasteiger partial charge in [0.2, 0.25) is 0 Å². The molecular formula is C9H8F2N2O4. The van der Waals surface area contributed by atoms with E-state index in [0.717, 1.165) is 13.0 Å². The molecule has 0 bridgehead atoms. The van der Waals surface area contributed by atoms with E-state index >= 15 is 0 Å². The topological polar surface area (TPSA) is 92.5 Å². The standard InChI is InChI=1S/C9H8F2N2O4/c1-4(9(14)15)12-8-6(13(16)17)3-2-5(10)7(8)11/h2-4,12H,1H3,(H,14,15). The van der Waals surface area contributed by atoms with Gasteiger partial charge in [-0.05, 0) is 13.0 Å². The lowest BCUT2D eigenvalue weighted by atomic mass is 10.2. The number of nitro groups is 1. The molecule has 0 aromatic heterocycles. The van der Waals surface area contributed by atoms with Crippen LogP contribution in [0.5, 0.6) is 0 Å². The molecule has 0 aliphatic rings. The lowest BCUT2D eigenvalue weighted by Crippen LogP contribution is -2.26. The summed E-state index contributed by atoms with van der Waals surface area (Å²) in [6.07, 6.45) is 0. The fourth-order valence-electron chi connectivity index (χ4n) is 1.11. The molecule has 0 aliphatic heterocycles. The lowest BCUT2D eigenvalue weighted by molar-refractivity contribution is -0.384. The van der Waals surface area contributed by atoms with Crippen LogP contribution < -0.4 is 5.32 Å². The van der Waals surface area contributed by atoms with Crippen LogP contribution in [0.3, 0.4) is 0 Å². The molecule has 0 amide bonds. The van der Waals surface area contributed by atoms with Crippen molar-refractivity contribution in [1.29, 1.82) is 0 Å². The van der Waals surface area contributed by atoms with E-state index in [4.69, 9.17) is 5.11 Å². The summed E-state index contributed by atoms with van der Waals surface area (Å²) in [7, 11) is 0. The zero-order valence-electron chi connectivity index (χ0n) is 8.61.